The van der Waals surface area contributed by atoms with E-state index in [1.807, 2.05) is 0 Å². The van der Waals surface area contributed by atoms with Crippen molar-refractivity contribution in [1.82, 2.24) is 10.2 Å². The van der Waals surface area contributed by atoms with Gasteiger partial charge in [0.2, 0.25) is 0 Å². The smallest absolute Gasteiger partial charge is 0.308 e. The molecule has 0 bridgehead atoms. The summed E-state index contributed by atoms with van der Waals surface area (Å²) in [6.45, 7) is 3.92. The minimum atomic E-state index is -0.819. The van der Waals surface area contributed by atoms with Gasteiger partial charge in [0, 0.05) is 51.5 Å². The van der Waals surface area contributed by atoms with Gasteiger partial charge in [-0.05, 0) is 37.3 Å². The molecule has 2 heterocycles. The first-order valence-corrected chi connectivity index (χ1v) is 9.75. The Morgan fingerprint density at radius 3 is 2.61 bits per heavy atom. The number of carbonyl (C=O) groups excluding carboxylic acids is 1. The fraction of sp³-hybridized carbons (Fsp3) is 0.600. The largest absolute Gasteiger partial charge is 0.469 e. The van der Waals surface area contributed by atoms with Crippen molar-refractivity contribution in [1.29, 1.82) is 0 Å². The molecule has 2 fully saturated rings. The van der Waals surface area contributed by atoms with Crippen molar-refractivity contribution in [2.24, 2.45) is 16.8 Å². The van der Waals surface area contributed by atoms with E-state index in [0.717, 1.165) is 63.6 Å². The highest BCUT2D eigenvalue weighted by molar-refractivity contribution is 5.80. The lowest BCUT2D eigenvalue weighted by Gasteiger charge is -2.33. The molecule has 1 unspecified atom stereocenters. The predicted octanol–water partition coefficient (Wildman–Crippen LogP) is 2.25. The van der Waals surface area contributed by atoms with Crippen molar-refractivity contribution in [3.8, 4) is 0 Å². The summed E-state index contributed by atoms with van der Waals surface area (Å²) in [6.07, 6.45) is 2.51. The number of ether oxygens (including phenoxy) is 1. The second kappa shape index (κ2) is 9.21. The van der Waals surface area contributed by atoms with Gasteiger partial charge in [-0.2, -0.15) is 0 Å². The monoisotopic (exact) mass is 394 g/mol. The number of guanidine groups is 1. The number of hydrogen-bond donors (Lipinski definition) is 1. The maximum Gasteiger partial charge on any atom is 0.308 e. The van der Waals surface area contributed by atoms with E-state index in [9.17, 15) is 13.6 Å². The van der Waals surface area contributed by atoms with Gasteiger partial charge in [-0.25, -0.2) is 8.78 Å². The van der Waals surface area contributed by atoms with Crippen LogP contribution in [0.1, 0.15) is 19.3 Å². The minimum absolute atomic E-state index is 0.0288. The summed E-state index contributed by atoms with van der Waals surface area (Å²) in [7, 11) is 3.19. The first-order valence-electron chi connectivity index (χ1n) is 9.75. The Bertz CT molecular complexity index is 720. The van der Waals surface area contributed by atoms with Crippen LogP contribution in [0.2, 0.25) is 0 Å². The lowest BCUT2D eigenvalue weighted by molar-refractivity contribution is -0.146. The van der Waals surface area contributed by atoms with Crippen molar-refractivity contribution < 1.29 is 18.3 Å². The van der Waals surface area contributed by atoms with Crippen LogP contribution in [0.25, 0.3) is 0 Å². The molecule has 2 saturated heterocycles. The Morgan fingerprint density at radius 1 is 1.21 bits per heavy atom. The number of piperidine rings is 1. The quantitative estimate of drug-likeness (QED) is 0.482. The molecule has 0 aliphatic carbocycles. The number of benzene rings is 1. The third-order valence-corrected chi connectivity index (χ3v) is 5.64. The maximum atomic E-state index is 13.5. The van der Waals surface area contributed by atoms with Crippen LogP contribution in [0.15, 0.2) is 23.2 Å². The number of aliphatic imine (C=N–C) groups is 1. The summed E-state index contributed by atoms with van der Waals surface area (Å²) in [4.78, 5) is 20.3. The Labute approximate surface area is 164 Å². The highest BCUT2D eigenvalue weighted by Gasteiger charge is 2.28. The molecular weight excluding hydrogens is 366 g/mol. The number of halogens is 2. The number of methoxy groups -OCH3 is 1. The van der Waals surface area contributed by atoms with Crippen LogP contribution >= 0.6 is 0 Å². The van der Waals surface area contributed by atoms with E-state index < -0.39 is 11.6 Å². The summed E-state index contributed by atoms with van der Waals surface area (Å²) in [6, 6.07) is 4.06. The van der Waals surface area contributed by atoms with E-state index in [-0.39, 0.29) is 11.9 Å². The molecule has 2 aliphatic rings. The molecule has 0 saturated carbocycles. The lowest BCUT2D eigenvalue weighted by Crippen LogP contribution is -2.47. The van der Waals surface area contributed by atoms with Crippen LogP contribution in [0, 0.1) is 23.5 Å². The van der Waals surface area contributed by atoms with Crippen LogP contribution < -0.4 is 10.2 Å². The number of anilines is 1. The Kier molecular flexibility index (Phi) is 6.70. The lowest BCUT2D eigenvalue weighted by atomic mass is 9.97. The molecule has 0 amide bonds. The zero-order chi connectivity index (χ0) is 20.1. The van der Waals surface area contributed by atoms with E-state index in [4.69, 9.17) is 4.74 Å². The number of likely N-dealkylation sites (tertiary alicyclic amines) is 1. The van der Waals surface area contributed by atoms with Crippen molar-refractivity contribution in [2.75, 3.05) is 51.8 Å². The van der Waals surface area contributed by atoms with Gasteiger partial charge in [-0.15, -0.1) is 0 Å². The third-order valence-electron chi connectivity index (χ3n) is 5.64. The molecule has 8 heteroatoms. The highest BCUT2D eigenvalue weighted by Crippen LogP contribution is 2.25. The molecule has 3 rings (SSSR count). The molecule has 1 N–H and O–H groups in total. The van der Waals surface area contributed by atoms with E-state index >= 15 is 0 Å². The molecule has 0 radical (unpaired) electrons. The number of carbonyl (C=O) groups is 1. The van der Waals surface area contributed by atoms with Crippen LogP contribution in [0.4, 0.5) is 14.5 Å². The normalized spacial score (nSPS) is 21.1. The van der Waals surface area contributed by atoms with Crippen LogP contribution in [0.3, 0.4) is 0 Å². The average molecular weight is 394 g/mol. The highest BCUT2D eigenvalue weighted by atomic mass is 19.2. The average Bonchev–Trinajstić information content (AvgIpc) is 3.19. The summed E-state index contributed by atoms with van der Waals surface area (Å²) in [5.74, 6) is -0.549. The van der Waals surface area contributed by atoms with Gasteiger partial charge in [0.25, 0.3) is 0 Å². The standard InChI is InChI=1S/C20H28F2N4O2/c1-23-20(25-9-6-15(7-10-25)19(27)28-2)24-12-14-5-8-26(13-14)16-3-4-17(21)18(22)11-16/h3-4,11,14-15H,5-10,12-13H2,1-2H3,(H,23,24). The molecule has 2 aliphatic heterocycles. The molecule has 0 spiro atoms. The molecular formula is C20H28F2N4O2. The SMILES string of the molecule is CN=C(NCC1CCN(c2ccc(F)c(F)c2)C1)N1CCC(C(=O)OC)CC1. The van der Waals surface area contributed by atoms with Crippen molar-refractivity contribution in [3.05, 3.63) is 29.8 Å². The second-order valence-electron chi connectivity index (χ2n) is 7.41. The van der Waals surface area contributed by atoms with E-state index in [2.05, 4.69) is 20.1 Å². The third kappa shape index (κ3) is 4.72. The topological polar surface area (TPSA) is 57.2 Å². The summed E-state index contributed by atoms with van der Waals surface area (Å²) >= 11 is 0. The Hall–Kier alpha value is -2.38. The second-order valence-corrected chi connectivity index (χ2v) is 7.41. The first-order chi connectivity index (χ1) is 13.5. The molecule has 154 valence electrons. The predicted molar refractivity (Wildman–Crippen MR) is 104 cm³/mol. The zero-order valence-corrected chi connectivity index (χ0v) is 16.5. The van der Waals surface area contributed by atoms with Gasteiger partial charge in [0.1, 0.15) is 0 Å². The molecule has 1 aromatic rings. The summed E-state index contributed by atoms with van der Waals surface area (Å²) in [5, 5.41) is 3.43. The molecule has 28 heavy (non-hydrogen) atoms. The van der Waals surface area contributed by atoms with Gasteiger partial charge in [0.05, 0.1) is 13.0 Å². The number of esters is 1. The van der Waals surface area contributed by atoms with E-state index in [0.29, 0.717) is 5.92 Å². The van der Waals surface area contributed by atoms with Crippen LogP contribution in [0.5, 0.6) is 0 Å². The molecule has 0 aromatic heterocycles. The van der Waals surface area contributed by atoms with Crippen LogP contribution in [-0.2, 0) is 9.53 Å². The van der Waals surface area contributed by atoms with Gasteiger partial charge in [0.15, 0.2) is 17.6 Å². The number of nitrogens with one attached hydrogen (secondary N) is 1. The summed E-state index contributed by atoms with van der Waals surface area (Å²) in [5.41, 5.74) is 0.718. The molecule has 6 nitrogen and oxygen atoms in total. The van der Waals surface area contributed by atoms with Crippen molar-refractivity contribution >= 4 is 17.6 Å². The minimum Gasteiger partial charge on any atom is -0.469 e. The fourth-order valence-electron chi connectivity index (χ4n) is 3.98. The van der Waals surface area contributed by atoms with Crippen molar-refractivity contribution in [2.45, 2.75) is 19.3 Å². The molecule has 1 aromatic carbocycles. The van der Waals surface area contributed by atoms with Crippen molar-refractivity contribution in [3.63, 3.8) is 0 Å². The van der Waals surface area contributed by atoms with Gasteiger partial charge in [-0.3, -0.25) is 9.79 Å². The zero-order valence-electron chi connectivity index (χ0n) is 16.5. The van der Waals surface area contributed by atoms with E-state index in [1.54, 1.807) is 13.1 Å². The Balaban J connectivity index is 1.47. The first kappa shape index (κ1) is 20.4. The van der Waals surface area contributed by atoms with Crippen LogP contribution in [-0.4, -0.2) is 63.7 Å². The molecule has 1 atom stereocenters. The maximum absolute atomic E-state index is 13.5. The number of hydrogen-bond acceptors (Lipinski definition) is 4. The van der Waals surface area contributed by atoms with Gasteiger partial charge in [-0.1, -0.05) is 0 Å². The summed E-state index contributed by atoms with van der Waals surface area (Å²) < 4.78 is 31.4. The Morgan fingerprint density at radius 2 is 1.96 bits per heavy atom. The van der Waals surface area contributed by atoms with Gasteiger partial charge >= 0.3 is 5.97 Å². The number of rotatable bonds is 4. The van der Waals surface area contributed by atoms with E-state index in [1.165, 1.54) is 19.2 Å². The van der Waals surface area contributed by atoms with Gasteiger partial charge < -0.3 is 19.9 Å². The fourth-order valence-corrected chi connectivity index (χ4v) is 3.98. The number of nitrogens with zero attached hydrogens (tertiary/aromatic N) is 3.